The molecule has 0 unspecified atom stereocenters. The molecule has 2 radical (unpaired) electrons. The Morgan fingerprint density at radius 3 is 2.30 bits per heavy atom. The average molecular weight is 162 g/mol. The van der Waals surface area contributed by atoms with Crippen molar-refractivity contribution in [3.63, 3.8) is 0 Å². The minimum Gasteiger partial charge on any atom is -0.412 e. The summed E-state index contributed by atoms with van der Waals surface area (Å²) >= 11 is 0. The van der Waals surface area contributed by atoms with Gasteiger partial charge < -0.3 is 13.9 Å². The van der Waals surface area contributed by atoms with Gasteiger partial charge in [-0.2, -0.15) is 0 Å². The molecule has 0 amide bonds. The predicted molar refractivity (Wildman–Crippen MR) is 39.8 cm³/mol. The van der Waals surface area contributed by atoms with Gasteiger partial charge in [-0.1, -0.05) is 6.92 Å². The molecule has 0 bridgehead atoms. The second kappa shape index (κ2) is 7.21. The third-order valence-corrected chi connectivity index (χ3v) is 1.95. The van der Waals surface area contributed by atoms with Crippen molar-refractivity contribution < 1.29 is 13.9 Å². The highest BCUT2D eigenvalue weighted by Gasteiger charge is 2.06. The smallest absolute Gasteiger partial charge is 0.299 e. The molecule has 0 aliphatic heterocycles. The highest BCUT2D eigenvalue weighted by Crippen LogP contribution is 1.89. The van der Waals surface area contributed by atoms with E-state index in [0.29, 0.717) is 0 Å². The quantitative estimate of drug-likeness (QED) is 0.325. The van der Waals surface area contributed by atoms with E-state index in [0.717, 1.165) is 13.0 Å². The van der Waals surface area contributed by atoms with Crippen LogP contribution >= 0.6 is 0 Å². The van der Waals surface area contributed by atoms with Gasteiger partial charge in [0.15, 0.2) is 5.91 Å². The normalized spacial score (nSPS) is 10.8. The molecule has 0 aromatic heterocycles. The van der Waals surface area contributed by atoms with E-state index in [2.05, 4.69) is 6.92 Å². The summed E-state index contributed by atoms with van der Waals surface area (Å²) in [7, 11) is 3.50. The van der Waals surface area contributed by atoms with Gasteiger partial charge >= 0.3 is 0 Å². The first-order chi connectivity index (χ1) is 4.85. The number of hydrogen-bond acceptors (Lipinski definition) is 3. The molecule has 0 spiro atoms. The van der Waals surface area contributed by atoms with Crippen LogP contribution in [0.2, 0.25) is 0 Å². The van der Waals surface area contributed by atoms with Gasteiger partial charge in [-0.15, -0.1) is 0 Å². The maximum absolute atomic E-state index is 5.20. The monoisotopic (exact) mass is 162 g/mol. The molecule has 0 saturated carbocycles. The Morgan fingerprint density at radius 2 is 1.90 bits per heavy atom. The summed E-state index contributed by atoms with van der Waals surface area (Å²) in [5, 5.41) is 0. The van der Waals surface area contributed by atoms with Crippen molar-refractivity contribution in [1.82, 2.24) is 0 Å². The minimum atomic E-state index is -0.188. The van der Waals surface area contributed by atoms with Crippen LogP contribution in [0.5, 0.6) is 0 Å². The molecule has 0 fully saturated rings. The first-order valence-corrected chi connectivity index (χ1v) is 4.26. The van der Waals surface area contributed by atoms with Crippen LogP contribution in [0, 0.1) is 0 Å². The maximum atomic E-state index is 5.20. The third-order valence-electron chi connectivity index (χ3n) is 0.914. The molecule has 0 N–H and O–H groups in total. The Kier molecular flexibility index (Phi) is 7.28. The molecule has 0 rings (SSSR count). The zero-order chi connectivity index (χ0) is 7.82. The number of rotatable bonds is 6. The predicted octanol–water partition coefficient (Wildman–Crippen LogP) is 0.609. The van der Waals surface area contributed by atoms with Gasteiger partial charge in [0.1, 0.15) is 0 Å². The zero-order valence-electron chi connectivity index (χ0n) is 6.72. The summed E-state index contributed by atoms with van der Waals surface area (Å²) in [6.45, 7) is 2.85. The van der Waals surface area contributed by atoms with Crippen molar-refractivity contribution in [2.24, 2.45) is 0 Å². The van der Waals surface area contributed by atoms with Crippen LogP contribution in [0.4, 0.5) is 0 Å². The Hall–Kier alpha value is 0.0969. The van der Waals surface area contributed by atoms with Crippen LogP contribution in [0.3, 0.4) is 0 Å². The maximum Gasteiger partial charge on any atom is 0.299 e. The van der Waals surface area contributed by atoms with Gasteiger partial charge in [-0.3, -0.25) is 0 Å². The Bertz CT molecular complexity index is 66.0. The minimum absolute atomic E-state index is 0.188. The molecular weight excluding hydrogens is 148 g/mol. The second-order valence-corrected chi connectivity index (χ2v) is 2.77. The molecule has 0 aromatic carbocycles. The van der Waals surface area contributed by atoms with Gasteiger partial charge in [0.05, 0.1) is 0 Å². The molecule has 0 atom stereocenters. The van der Waals surface area contributed by atoms with Crippen LogP contribution in [0.1, 0.15) is 13.3 Å². The summed E-state index contributed by atoms with van der Waals surface area (Å²) in [5.74, 6) is -0.188. The van der Waals surface area contributed by atoms with Crippen molar-refractivity contribution in [2.45, 2.75) is 19.3 Å². The summed E-state index contributed by atoms with van der Waals surface area (Å²) in [5.41, 5.74) is 0. The van der Waals surface area contributed by atoms with E-state index in [1.165, 1.54) is 0 Å². The lowest BCUT2D eigenvalue weighted by atomic mass is 10.5. The highest BCUT2D eigenvalue weighted by atomic mass is 28.2. The van der Waals surface area contributed by atoms with Crippen molar-refractivity contribution >= 4 is 9.76 Å². The van der Waals surface area contributed by atoms with Crippen LogP contribution in [0.25, 0.3) is 0 Å². The number of methoxy groups -OCH3 is 2. The van der Waals surface area contributed by atoms with Crippen molar-refractivity contribution in [2.75, 3.05) is 20.8 Å². The second-order valence-electron chi connectivity index (χ2n) is 1.77. The summed E-state index contributed by atoms with van der Waals surface area (Å²) < 4.78 is 15.0. The van der Waals surface area contributed by atoms with E-state index in [-0.39, 0.29) is 15.7 Å². The lowest BCUT2D eigenvalue weighted by Crippen LogP contribution is -2.24. The van der Waals surface area contributed by atoms with E-state index in [1.54, 1.807) is 14.2 Å². The molecule has 0 aliphatic rings. The van der Waals surface area contributed by atoms with E-state index >= 15 is 0 Å². The average Bonchev–Trinajstić information content (AvgIpc) is 1.99. The fourth-order valence-corrected chi connectivity index (χ4v) is 1.07. The van der Waals surface area contributed by atoms with Gasteiger partial charge in [0.25, 0.3) is 9.76 Å². The molecular formula is C6H14O3Si. The Morgan fingerprint density at radius 1 is 1.30 bits per heavy atom. The molecule has 0 saturated heterocycles. The zero-order valence-corrected chi connectivity index (χ0v) is 7.72. The third kappa shape index (κ3) is 4.93. The van der Waals surface area contributed by atoms with Gasteiger partial charge in [0.2, 0.25) is 0 Å². The first-order valence-electron chi connectivity index (χ1n) is 3.28. The number of hydrogen-bond donors (Lipinski definition) is 0. The van der Waals surface area contributed by atoms with Crippen molar-refractivity contribution in [3.8, 4) is 0 Å². The Balaban J connectivity index is 3.09. The summed E-state index contributed by atoms with van der Waals surface area (Å²) in [4.78, 5) is 0. The van der Waals surface area contributed by atoms with Crippen molar-refractivity contribution in [1.29, 1.82) is 0 Å². The van der Waals surface area contributed by atoms with Crippen molar-refractivity contribution in [3.05, 3.63) is 0 Å². The van der Waals surface area contributed by atoms with Gasteiger partial charge in [0, 0.05) is 20.8 Å². The topological polar surface area (TPSA) is 27.7 Å². The van der Waals surface area contributed by atoms with E-state index in [9.17, 15) is 0 Å². The molecule has 4 heteroatoms. The molecule has 10 heavy (non-hydrogen) atoms. The summed E-state index contributed by atoms with van der Waals surface area (Å²) in [6, 6.07) is 0. The van der Waals surface area contributed by atoms with E-state index in [4.69, 9.17) is 13.9 Å². The Labute approximate surface area is 64.6 Å². The fourth-order valence-electron chi connectivity index (χ4n) is 0.421. The summed E-state index contributed by atoms with van der Waals surface area (Å²) in [6.07, 6.45) is 1.03. The SMILES string of the molecule is CCCO[Si]C(OC)OC. The largest absolute Gasteiger partial charge is 0.412 e. The van der Waals surface area contributed by atoms with Gasteiger partial charge in [-0.25, -0.2) is 0 Å². The molecule has 0 aromatic rings. The lowest BCUT2D eigenvalue weighted by molar-refractivity contribution is -0.0526. The van der Waals surface area contributed by atoms with Crippen LogP contribution < -0.4 is 0 Å². The molecule has 0 heterocycles. The number of ether oxygens (including phenoxy) is 2. The van der Waals surface area contributed by atoms with Crippen LogP contribution in [-0.4, -0.2) is 36.5 Å². The van der Waals surface area contributed by atoms with E-state index in [1.807, 2.05) is 0 Å². The van der Waals surface area contributed by atoms with Crippen LogP contribution in [-0.2, 0) is 13.9 Å². The molecule has 60 valence electrons. The first kappa shape index (κ1) is 10.1. The molecule has 0 aliphatic carbocycles. The lowest BCUT2D eigenvalue weighted by Gasteiger charge is -2.10. The standard InChI is InChI=1S/C6H14O3Si/c1-4-5-9-10-6(7-2)8-3/h6H,4-5H2,1-3H3. The van der Waals surface area contributed by atoms with Crippen LogP contribution in [0.15, 0.2) is 0 Å². The highest BCUT2D eigenvalue weighted by molar-refractivity contribution is 6.28. The molecule has 3 nitrogen and oxygen atoms in total. The van der Waals surface area contributed by atoms with Gasteiger partial charge in [-0.05, 0) is 6.42 Å². The van der Waals surface area contributed by atoms with E-state index < -0.39 is 0 Å². The fraction of sp³-hybridized carbons (Fsp3) is 1.00.